The Labute approximate surface area is 92.9 Å². The Morgan fingerprint density at radius 1 is 1.12 bits per heavy atom. The molecule has 0 unspecified atom stereocenters. The lowest BCUT2D eigenvalue weighted by atomic mass is 10.2. The minimum Gasteiger partial charge on any atom is -0.496 e. The van der Waals surface area contributed by atoms with Gasteiger partial charge in [0.1, 0.15) is 5.75 Å². The minimum absolute atomic E-state index is 0.193. The lowest BCUT2D eigenvalue weighted by molar-refractivity contribution is -0.132. The number of carbonyl (C=O) groups is 2. The Kier molecular flexibility index (Phi) is 3.88. The van der Waals surface area contributed by atoms with Gasteiger partial charge in [-0.25, -0.2) is 0 Å². The quantitative estimate of drug-likeness (QED) is 0.440. The molecule has 0 spiro atoms. The molecular weight excluding hydrogens is 212 g/mol. The average Bonchev–Trinajstić information content (AvgIpc) is 2.27. The van der Waals surface area contributed by atoms with E-state index in [1.165, 1.54) is 33.3 Å². The van der Waals surface area contributed by atoms with E-state index in [9.17, 15) is 9.59 Å². The summed E-state index contributed by atoms with van der Waals surface area (Å²) < 4.78 is 14.9. The smallest absolute Gasteiger partial charge is 0.308 e. The SMILES string of the molecule is COc1cc(OC)c(OC(C)=O)cc1C=O. The van der Waals surface area contributed by atoms with Crippen LogP contribution in [0.2, 0.25) is 0 Å². The van der Waals surface area contributed by atoms with Crippen molar-refractivity contribution in [2.75, 3.05) is 14.2 Å². The number of carbonyl (C=O) groups excluding carboxylic acids is 2. The first-order valence-corrected chi connectivity index (χ1v) is 4.52. The van der Waals surface area contributed by atoms with Crippen LogP contribution >= 0.6 is 0 Å². The number of ether oxygens (including phenoxy) is 3. The third-order valence-corrected chi connectivity index (χ3v) is 1.90. The highest BCUT2D eigenvalue weighted by atomic mass is 16.6. The van der Waals surface area contributed by atoms with Gasteiger partial charge < -0.3 is 14.2 Å². The van der Waals surface area contributed by atoms with Gasteiger partial charge in [0, 0.05) is 13.0 Å². The molecule has 0 saturated heterocycles. The third-order valence-electron chi connectivity index (χ3n) is 1.90. The second-order valence-electron chi connectivity index (χ2n) is 2.96. The minimum atomic E-state index is -0.486. The van der Waals surface area contributed by atoms with Crippen LogP contribution in [0.3, 0.4) is 0 Å². The predicted octanol–water partition coefficient (Wildman–Crippen LogP) is 1.44. The molecule has 0 atom stereocenters. The second-order valence-corrected chi connectivity index (χ2v) is 2.96. The fourth-order valence-electron chi connectivity index (χ4n) is 1.22. The number of aldehydes is 1. The van der Waals surface area contributed by atoms with Crippen molar-refractivity contribution in [1.82, 2.24) is 0 Å². The topological polar surface area (TPSA) is 61.8 Å². The van der Waals surface area contributed by atoms with Gasteiger partial charge in [-0.05, 0) is 6.07 Å². The standard InChI is InChI=1S/C11H12O5/c1-7(13)16-11-4-8(6-12)9(14-2)5-10(11)15-3/h4-6H,1-3H3. The Hall–Kier alpha value is -2.04. The van der Waals surface area contributed by atoms with Crippen LogP contribution in [0.25, 0.3) is 0 Å². The molecule has 0 N–H and O–H groups in total. The molecule has 0 aliphatic heterocycles. The number of hydrogen-bond donors (Lipinski definition) is 0. The molecule has 1 rings (SSSR count). The lowest BCUT2D eigenvalue weighted by Gasteiger charge is -2.11. The summed E-state index contributed by atoms with van der Waals surface area (Å²) in [5.41, 5.74) is 0.291. The molecule has 0 aliphatic carbocycles. The van der Waals surface area contributed by atoms with Crippen molar-refractivity contribution >= 4 is 12.3 Å². The highest BCUT2D eigenvalue weighted by Crippen LogP contribution is 2.34. The van der Waals surface area contributed by atoms with E-state index < -0.39 is 5.97 Å². The Balaban J connectivity index is 3.25. The van der Waals surface area contributed by atoms with E-state index in [2.05, 4.69) is 0 Å². The largest absolute Gasteiger partial charge is 0.496 e. The number of rotatable bonds is 4. The van der Waals surface area contributed by atoms with Gasteiger partial charge in [-0.2, -0.15) is 0 Å². The molecule has 16 heavy (non-hydrogen) atoms. The molecule has 0 amide bonds. The van der Waals surface area contributed by atoms with Crippen LogP contribution in [0.5, 0.6) is 17.2 Å². The molecule has 0 bridgehead atoms. The van der Waals surface area contributed by atoms with Gasteiger partial charge in [0.2, 0.25) is 0 Å². The molecule has 0 saturated carbocycles. The van der Waals surface area contributed by atoms with E-state index in [4.69, 9.17) is 14.2 Å². The second kappa shape index (κ2) is 5.16. The van der Waals surface area contributed by atoms with Gasteiger partial charge in [0.05, 0.1) is 19.8 Å². The number of benzene rings is 1. The highest BCUT2D eigenvalue weighted by molar-refractivity contribution is 5.82. The summed E-state index contributed by atoms with van der Waals surface area (Å²) >= 11 is 0. The summed E-state index contributed by atoms with van der Waals surface area (Å²) in [4.78, 5) is 21.6. The predicted molar refractivity (Wildman–Crippen MR) is 56.2 cm³/mol. The van der Waals surface area contributed by atoms with Crippen molar-refractivity contribution in [2.24, 2.45) is 0 Å². The highest BCUT2D eigenvalue weighted by Gasteiger charge is 2.13. The molecule has 86 valence electrons. The summed E-state index contributed by atoms with van der Waals surface area (Å²) in [6.45, 7) is 1.27. The average molecular weight is 224 g/mol. The first kappa shape index (κ1) is 12.0. The first-order chi connectivity index (χ1) is 7.62. The van der Waals surface area contributed by atoms with Gasteiger partial charge in [-0.3, -0.25) is 9.59 Å². The van der Waals surface area contributed by atoms with Crippen LogP contribution in [0.1, 0.15) is 17.3 Å². The van der Waals surface area contributed by atoms with Gasteiger partial charge in [0.15, 0.2) is 17.8 Å². The van der Waals surface area contributed by atoms with Crippen LogP contribution in [0.4, 0.5) is 0 Å². The van der Waals surface area contributed by atoms with Crippen LogP contribution in [0, 0.1) is 0 Å². The van der Waals surface area contributed by atoms with Crippen molar-refractivity contribution in [3.05, 3.63) is 17.7 Å². The summed E-state index contributed by atoms with van der Waals surface area (Å²) in [6, 6.07) is 2.88. The van der Waals surface area contributed by atoms with Crippen LogP contribution in [-0.4, -0.2) is 26.5 Å². The summed E-state index contributed by atoms with van der Waals surface area (Å²) in [5, 5.41) is 0. The first-order valence-electron chi connectivity index (χ1n) is 4.52. The Bertz CT molecular complexity index is 411. The molecule has 0 aliphatic rings. The summed E-state index contributed by atoms with van der Waals surface area (Å²) in [5.74, 6) is 0.401. The number of methoxy groups -OCH3 is 2. The van der Waals surface area contributed by atoms with E-state index in [1.807, 2.05) is 0 Å². The normalized spacial score (nSPS) is 9.44. The summed E-state index contributed by atoms with van der Waals surface area (Å²) in [7, 11) is 2.87. The molecule has 1 aromatic rings. The van der Waals surface area contributed by atoms with Crippen molar-refractivity contribution in [3.8, 4) is 17.2 Å². The summed E-state index contributed by atoms with van der Waals surface area (Å²) in [6.07, 6.45) is 0.616. The molecule has 5 nitrogen and oxygen atoms in total. The van der Waals surface area contributed by atoms with E-state index in [1.54, 1.807) is 0 Å². The van der Waals surface area contributed by atoms with Gasteiger partial charge in [-0.1, -0.05) is 0 Å². The fourth-order valence-corrected chi connectivity index (χ4v) is 1.22. The zero-order valence-electron chi connectivity index (χ0n) is 9.27. The van der Waals surface area contributed by atoms with Gasteiger partial charge >= 0.3 is 5.97 Å². The third kappa shape index (κ3) is 2.50. The van der Waals surface area contributed by atoms with Crippen molar-refractivity contribution < 1.29 is 23.8 Å². The van der Waals surface area contributed by atoms with E-state index in [-0.39, 0.29) is 5.75 Å². The van der Waals surface area contributed by atoms with Gasteiger partial charge in [-0.15, -0.1) is 0 Å². The molecule has 0 heterocycles. The molecule has 5 heteroatoms. The molecular formula is C11H12O5. The van der Waals surface area contributed by atoms with Gasteiger partial charge in [0.25, 0.3) is 0 Å². The lowest BCUT2D eigenvalue weighted by Crippen LogP contribution is -2.04. The Morgan fingerprint density at radius 2 is 1.75 bits per heavy atom. The molecule has 1 aromatic carbocycles. The molecule has 0 fully saturated rings. The van der Waals surface area contributed by atoms with E-state index in [0.29, 0.717) is 23.3 Å². The van der Waals surface area contributed by atoms with Crippen LogP contribution in [0.15, 0.2) is 12.1 Å². The molecule has 0 aromatic heterocycles. The maximum Gasteiger partial charge on any atom is 0.308 e. The zero-order valence-corrected chi connectivity index (χ0v) is 9.27. The van der Waals surface area contributed by atoms with Crippen molar-refractivity contribution in [3.63, 3.8) is 0 Å². The van der Waals surface area contributed by atoms with Crippen LogP contribution in [-0.2, 0) is 4.79 Å². The maximum atomic E-state index is 10.8. The number of hydrogen-bond acceptors (Lipinski definition) is 5. The zero-order chi connectivity index (χ0) is 12.1. The van der Waals surface area contributed by atoms with Crippen molar-refractivity contribution in [2.45, 2.75) is 6.92 Å². The van der Waals surface area contributed by atoms with Crippen molar-refractivity contribution in [1.29, 1.82) is 0 Å². The monoisotopic (exact) mass is 224 g/mol. The Morgan fingerprint density at radius 3 is 2.19 bits per heavy atom. The van der Waals surface area contributed by atoms with E-state index in [0.717, 1.165) is 0 Å². The molecule has 0 radical (unpaired) electrons. The maximum absolute atomic E-state index is 10.8. The van der Waals surface area contributed by atoms with Crippen LogP contribution < -0.4 is 14.2 Å². The number of esters is 1. The van der Waals surface area contributed by atoms with E-state index >= 15 is 0 Å². The fraction of sp³-hybridized carbons (Fsp3) is 0.273.